The third kappa shape index (κ3) is 27.0. The predicted octanol–water partition coefficient (Wildman–Crippen LogP) is 10.1. The molecule has 0 saturated carbocycles. The number of allylic oxidation sites excluding steroid dienone is 4. The molecule has 0 N–H and O–H groups in total. The summed E-state index contributed by atoms with van der Waals surface area (Å²) < 4.78 is 5.38. The van der Waals surface area contributed by atoms with Crippen LogP contribution < -0.4 is 0 Å². The van der Waals surface area contributed by atoms with Crippen molar-refractivity contribution in [2.45, 2.75) is 149 Å². The third-order valence-corrected chi connectivity index (χ3v) is 6.02. The number of ether oxygens (including phenoxy) is 1. The SMILES string of the molecule is CCCCC/C=C\C/C=C\CCCCCCCC(=O)OCCCCCCCCCC(C)C. The molecule has 0 radical (unpaired) electrons. The summed E-state index contributed by atoms with van der Waals surface area (Å²) in [6.45, 7) is 7.47. The topological polar surface area (TPSA) is 26.3 Å². The van der Waals surface area contributed by atoms with Gasteiger partial charge in [-0.15, -0.1) is 0 Å². The highest BCUT2D eigenvalue weighted by Crippen LogP contribution is 2.12. The van der Waals surface area contributed by atoms with Crippen LogP contribution in [0.15, 0.2) is 24.3 Å². The molecule has 0 aliphatic carbocycles. The molecule has 0 bridgehead atoms. The zero-order valence-corrected chi connectivity index (χ0v) is 22.1. The lowest BCUT2D eigenvalue weighted by Gasteiger charge is -2.06. The first-order valence-electron chi connectivity index (χ1n) is 14.1. The van der Waals surface area contributed by atoms with Crippen molar-refractivity contribution in [3.8, 4) is 0 Å². The number of esters is 1. The van der Waals surface area contributed by atoms with Crippen molar-refractivity contribution in [1.29, 1.82) is 0 Å². The van der Waals surface area contributed by atoms with Crippen molar-refractivity contribution in [3.63, 3.8) is 0 Å². The molecule has 0 aromatic heterocycles. The Morgan fingerprint density at radius 1 is 0.656 bits per heavy atom. The van der Waals surface area contributed by atoms with E-state index in [9.17, 15) is 4.79 Å². The lowest BCUT2D eigenvalue weighted by Crippen LogP contribution is -2.05. The molecule has 188 valence electrons. The Morgan fingerprint density at radius 2 is 1.19 bits per heavy atom. The van der Waals surface area contributed by atoms with Gasteiger partial charge in [0.25, 0.3) is 0 Å². The Hall–Kier alpha value is -1.05. The largest absolute Gasteiger partial charge is 0.466 e. The quantitative estimate of drug-likeness (QED) is 0.0833. The van der Waals surface area contributed by atoms with Crippen molar-refractivity contribution in [1.82, 2.24) is 0 Å². The average Bonchev–Trinajstić information content (AvgIpc) is 2.77. The molecule has 0 aliphatic heterocycles. The highest BCUT2D eigenvalue weighted by molar-refractivity contribution is 5.69. The first-order chi connectivity index (χ1) is 15.7. The van der Waals surface area contributed by atoms with Gasteiger partial charge < -0.3 is 4.74 Å². The molecular weight excluding hydrogens is 392 g/mol. The van der Waals surface area contributed by atoms with Gasteiger partial charge in [0.1, 0.15) is 0 Å². The number of unbranched alkanes of at least 4 members (excludes halogenated alkanes) is 14. The second-order valence-electron chi connectivity index (χ2n) is 9.86. The fourth-order valence-corrected chi connectivity index (χ4v) is 3.88. The number of hydrogen-bond donors (Lipinski definition) is 0. The summed E-state index contributed by atoms with van der Waals surface area (Å²) in [6, 6.07) is 0. The summed E-state index contributed by atoms with van der Waals surface area (Å²) in [5.41, 5.74) is 0. The number of rotatable bonds is 24. The predicted molar refractivity (Wildman–Crippen MR) is 142 cm³/mol. The minimum atomic E-state index is 0.00404. The smallest absolute Gasteiger partial charge is 0.305 e. The molecule has 0 spiro atoms. The first kappa shape index (κ1) is 30.9. The summed E-state index contributed by atoms with van der Waals surface area (Å²) >= 11 is 0. The summed E-state index contributed by atoms with van der Waals surface area (Å²) in [7, 11) is 0. The Bertz CT molecular complexity index is 436. The summed E-state index contributed by atoms with van der Waals surface area (Å²) in [6.07, 6.45) is 33.5. The molecule has 2 nitrogen and oxygen atoms in total. The highest BCUT2D eigenvalue weighted by Gasteiger charge is 2.02. The van der Waals surface area contributed by atoms with Crippen LogP contribution in [0.2, 0.25) is 0 Å². The second-order valence-corrected chi connectivity index (χ2v) is 9.86. The molecule has 0 aromatic rings. The minimum absolute atomic E-state index is 0.00404. The summed E-state index contributed by atoms with van der Waals surface area (Å²) in [5.74, 6) is 0.846. The molecule has 0 unspecified atom stereocenters. The van der Waals surface area contributed by atoms with E-state index >= 15 is 0 Å². The van der Waals surface area contributed by atoms with Crippen LogP contribution in [0.4, 0.5) is 0 Å². The van der Waals surface area contributed by atoms with E-state index < -0.39 is 0 Å². The first-order valence-corrected chi connectivity index (χ1v) is 14.1. The number of carbonyl (C=O) groups excluding carboxylic acids is 1. The monoisotopic (exact) mass is 448 g/mol. The van der Waals surface area contributed by atoms with Crippen molar-refractivity contribution < 1.29 is 9.53 Å². The molecule has 0 amide bonds. The third-order valence-electron chi connectivity index (χ3n) is 6.02. The molecule has 0 aromatic carbocycles. The summed E-state index contributed by atoms with van der Waals surface area (Å²) in [5, 5.41) is 0. The van der Waals surface area contributed by atoms with Crippen LogP contribution >= 0.6 is 0 Å². The summed E-state index contributed by atoms with van der Waals surface area (Å²) in [4.78, 5) is 11.8. The van der Waals surface area contributed by atoms with Crippen molar-refractivity contribution in [2.24, 2.45) is 5.92 Å². The zero-order chi connectivity index (χ0) is 23.5. The fourth-order valence-electron chi connectivity index (χ4n) is 3.88. The highest BCUT2D eigenvalue weighted by atomic mass is 16.5. The van der Waals surface area contributed by atoms with E-state index in [-0.39, 0.29) is 5.97 Å². The molecule has 0 aliphatic rings. The van der Waals surface area contributed by atoms with Crippen LogP contribution in [0.3, 0.4) is 0 Å². The lowest BCUT2D eigenvalue weighted by molar-refractivity contribution is -0.143. The van der Waals surface area contributed by atoms with E-state index in [4.69, 9.17) is 4.74 Å². The van der Waals surface area contributed by atoms with Gasteiger partial charge in [-0.2, -0.15) is 0 Å². The van der Waals surface area contributed by atoms with Gasteiger partial charge in [-0.1, -0.05) is 122 Å². The molecule has 0 saturated heterocycles. The number of hydrogen-bond acceptors (Lipinski definition) is 2. The standard InChI is InChI=1S/C30H56O2/c1-4-5-6-7-8-9-10-11-12-13-14-15-18-21-24-27-30(31)32-28-25-22-19-16-17-20-23-26-29(2)3/h8-9,11-12,29H,4-7,10,13-28H2,1-3H3/b9-8-,12-11-. The molecule has 0 heterocycles. The Labute approximate surface area is 201 Å². The second kappa shape index (κ2) is 26.2. The van der Waals surface area contributed by atoms with Crippen molar-refractivity contribution in [2.75, 3.05) is 6.61 Å². The van der Waals surface area contributed by atoms with E-state index in [2.05, 4.69) is 45.1 Å². The van der Waals surface area contributed by atoms with Gasteiger partial charge in [-0.3, -0.25) is 4.79 Å². The van der Waals surface area contributed by atoms with Crippen LogP contribution in [-0.2, 0) is 9.53 Å². The molecule has 0 fully saturated rings. The molecule has 32 heavy (non-hydrogen) atoms. The van der Waals surface area contributed by atoms with Crippen molar-refractivity contribution in [3.05, 3.63) is 24.3 Å². The van der Waals surface area contributed by atoms with Crippen LogP contribution in [0.1, 0.15) is 149 Å². The van der Waals surface area contributed by atoms with E-state index in [0.717, 1.165) is 31.6 Å². The Kier molecular flexibility index (Phi) is 25.3. The molecule has 0 atom stereocenters. The maximum absolute atomic E-state index is 11.8. The van der Waals surface area contributed by atoms with Crippen LogP contribution in [0.5, 0.6) is 0 Å². The number of carbonyl (C=O) groups is 1. The molecular formula is C30H56O2. The van der Waals surface area contributed by atoms with Gasteiger partial charge in [0.05, 0.1) is 6.61 Å². The molecule has 2 heteroatoms. The maximum atomic E-state index is 11.8. The molecule has 0 rings (SSSR count). The van der Waals surface area contributed by atoms with E-state index in [1.807, 2.05) is 0 Å². The Morgan fingerprint density at radius 3 is 1.81 bits per heavy atom. The lowest BCUT2D eigenvalue weighted by atomic mass is 10.0. The van der Waals surface area contributed by atoms with Gasteiger partial charge >= 0.3 is 5.97 Å². The van der Waals surface area contributed by atoms with Crippen molar-refractivity contribution >= 4 is 5.97 Å². The maximum Gasteiger partial charge on any atom is 0.305 e. The van der Waals surface area contributed by atoms with Crippen LogP contribution in [-0.4, -0.2) is 12.6 Å². The van der Waals surface area contributed by atoms with Crippen LogP contribution in [0.25, 0.3) is 0 Å². The zero-order valence-electron chi connectivity index (χ0n) is 22.1. The fraction of sp³-hybridized carbons (Fsp3) is 0.833. The van der Waals surface area contributed by atoms with Gasteiger partial charge in [0, 0.05) is 6.42 Å². The minimum Gasteiger partial charge on any atom is -0.466 e. The Balaban J connectivity index is 3.26. The normalized spacial score (nSPS) is 11.9. The van der Waals surface area contributed by atoms with E-state index in [0.29, 0.717) is 13.0 Å². The van der Waals surface area contributed by atoms with Gasteiger partial charge in [-0.25, -0.2) is 0 Å². The van der Waals surface area contributed by atoms with Gasteiger partial charge in [-0.05, 0) is 50.9 Å². The van der Waals surface area contributed by atoms with E-state index in [1.54, 1.807) is 0 Å². The average molecular weight is 449 g/mol. The van der Waals surface area contributed by atoms with Gasteiger partial charge in [0.2, 0.25) is 0 Å². The van der Waals surface area contributed by atoms with Gasteiger partial charge in [0.15, 0.2) is 0 Å². The van der Waals surface area contributed by atoms with E-state index in [1.165, 1.54) is 96.3 Å². The van der Waals surface area contributed by atoms with Crippen LogP contribution in [0, 0.1) is 5.92 Å².